The van der Waals surface area contributed by atoms with Gasteiger partial charge in [-0.15, -0.1) is 11.8 Å². The number of carbonyl (C=O) groups excluding carboxylic acids is 2. The van der Waals surface area contributed by atoms with E-state index < -0.39 is 6.04 Å². The van der Waals surface area contributed by atoms with Crippen molar-refractivity contribution in [3.63, 3.8) is 0 Å². The van der Waals surface area contributed by atoms with Crippen LogP contribution in [0.3, 0.4) is 0 Å². The fourth-order valence-electron chi connectivity index (χ4n) is 2.84. The van der Waals surface area contributed by atoms with Crippen molar-refractivity contribution in [3.8, 4) is 0 Å². The van der Waals surface area contributed by atoms with Crippen molar-refractivity contribution in [2.75, 3.05) is 12.3 Å². The summed E-state index contributed by atoms with van der Waals surface area (Å²) in [5.74, 6) is 0.826. The van der Waals surface area contributed by atoms with Gasteiger partial charge in [0.15, 0.2) is 0 Å². The van der Waals surface area contributed by atoms with Crippen LogP contribution in [0.4, 0.5) is 0 Å². The molecular weight excluding hydrogens is 475 g/mol. The van der Waals surface area contributed by atoms with Crippen LogP contribution in [0.1, 0.15) is 31.9 Å². The number of carbonyl (C=O) groups is 2. The van der Waals surface area contributed by atoms with E-state index >= 15 is 0 Å². The topological polar surface area (TPSA) is 49.4 Å². The highest BCUT2D eigenvalue weighted by Crippen LogP contribution is 2.25. The van der Waals surface area contributed by atoms with E-state index in [9.17, 15) is 9.59 Å². The number of hydrogen-bond donors (Lipinski definition) is 1. The van der Waals surface area contributed by atoms with Crippen molar-refractivity contribution in [1.29, 1.82) is 0 Å². The summed E-state index contributed by atoms with van der Waals surface area (Å²) in [6, 6.07) is 12.0. The summed E-state index contributed by atoms with van der Waals surface area (Å²) in [4.78, 5) is 27.3. The van der Waals surface area contributed by atoms with Crippen LogP contribution in [0.15, 0.2) is 42.5 Å². The smallest absolute Gasteiger partial charge is 0.242 e. The van der Waals surface area contributed by atoms with Gasteiger partial charge in [0.2, 0.25) is 11.8 Å². The predicted octanol–water partition coefficient (Wildman–Crippen LogP) is 6.07. The molecule has 2 amide bonds. The number of amides is 2. The molecule has 0 aliphatic carbocycles. The van der Waals surface area contributed by atoms with Gasteiger partial charge in [-0.25, -0.2) is 0 Å². The van der Waals surface area contributed by atoms with E-state index in [0.29, 0.717) is 39.8 Å². The summed E-state index contributed by atoms with van der Waals surface area (Å²) in [5.41, 5.74) is 1.78. The molecule has 4 nitrogen and oxygen atoms in total. The van der Waals surface area contributed by atoms with Crippen molar-refractivity contribution in [1.82, 2.24) is 10.2 Å². The van der Waals surface area contributed by atoms with Gasteiger partial charge in [0.25, 0.3) is 0 Å². The molecule has 0 radical (unpaired) electrons. The van der Waals surface area contributed by atoms with Crippen molar-refractivity contribution < 1.29 is 9.59 Å². The third kappa shape index (κ3) is 8.57. The molecule has 0 unspecified atom stereocenters. The zero-order valence-electron chi connectivity index (χ0n) is 17.8. The normalized spacial score (nSPS) is 12.0. The minimum absolute atomic E-state index is 0.123. The van der Waals surface area contributed by atoms with Crippen LogP contribution >= 0.6 is 46.6 Å². The lowest BCUT2D eigenvalue weighted by atomic mass is 10.1. The van der Waals surface area contributed by atoms with E-state index in [0.717, 1.165) is 11.1 Å². The lowest BCUT2D eigenvalue weighted by Gasteiger charge is -2.29. The van der Waals surface area contributed by atoms with Gasteiger partial charge in [0.05, 0.1) is 5.75 Å². The van der Waals surface area contributed by atoms with Crippen molar-refractivity contribution in [3.05, 3.63) is 68.7 Å². The van der Waals surface area contributed by atoms with Crippen molar-refractivity contribution in [2.45, 2.75) is 39.1 Å². The Morgan fingerprint density at radius 2 is 1.74 bits per heavy atom. The molecule has 0 spiro atoms. The van der Waals surface area contributed by atoms with Gasteiger partial charge < -0.3 is 10.2 Å². The fourth-order valence-corrected chi connectivity index (χ4v) is 4.52. The molecule has 0 heterocycles. The molecule has 2 rings (SSSR count). The number of halogens is 3. The van der Waals surface area contributed by atoms with Gasteiger partial charge in [0.1, 0.15) is 6.04 Å². The predicted molar refractivity (Wildman–Crippen MR) is 132 cm³/mol. The van der Waals surface area contributed by atoms with Gasteiger partial charge in [-0.1, -0.05) is 66.8 Å². The Balaban J connectivity index is 2.08. The second-order valence-electron chi connectivity index (χ2n) is 7.70. The molecule has 168 valence electrons. The molecule has 31 heavy (non-hydrogen) atoms. The fraction of sp³-hybridized carbons (Fsp3) is 0.391. The summed E-state index contributed by atoms with van der Waals surface area (Å²) >= 11 is 19.7. The van der Waals surface area contributed by atoms with Crippen LogP contribution in [0, 0.1) is 5.92 Å². The second-order valence-corrected chi connectivity index (χ2v) is 9.96. The first-order chi connectivity index (χ1) is 14.7. The molecule has 8 heteroatoms. The maximum atomic E-state index is 13.1. The summed E-state index contributed by atoms with van der Waals surface area (Å²) in [6.45, 7) is 6.67. The number of thioether (sulfide) groups is 1. The third-order valence-corrected chi connectivity index (χ3v) is 6.38. The minimum atomic E-state index is -0.607. The Morgan fingerprint density at radius 1 is 1.03 bits per heavy atom. The SMILES string of the molecule is CC(C)CNC(=O)[C@@H](C)N(Cc1cccc(Cl)c1)C(=O)CSCc1ccc(Cl)cc1Cl. The number of benzene rings is 2. The largest absolute Gasteiger partial charge is 0.354 e. The maximum Gasteiger partial charge on any atom is 0.242 e. The quantitative estimate of drug-likeness (QED) is 0.430. The molecule has 0 saturated heterocycles. The van der Waals surface area contributed by atoms with Crippen LogP contribution < -0.4 is 5.32 Å². The maximum absolute atomic E-state index is 13.1. The van der Waals surface area contributed by atoms with Gasteiger partial charge in [-0.2, -0.15) is 0 Å². The van der Waals surface area contributed by atoms with E-state index in [-0.39, 0.29) is 17.6 Å². The van der Waals surface area contributed by atoms with Crippen LogP contribution in [0.2, 0.25) is 15.1 Å². The Hall–Kier alpha value is -1.40. The highest BCUT2D eigenvalue weighted by molar-refractivity contribution is 7.99. The van der Waals surface area contributed by atoms with Gasteiger partial charge in [-0.3, -0.25) is 9.59 Å². The zero-order chi connectivity index (χ0) is 23.0. The highest BCUT2D eigenvalue weighted by Gasteiger charge is 2.26. The Kier molecular flexibility index (Phi) is 10.5. The standard InChI is InChI=1S/C23H27Cl3N2O2S/c1-15(2)11-27-23(30)16(3)28(12-17-5-4-6-19(24)9-17)22(29)14-31-13-18-7-8-20(25)10-21(18)26/h4-10,15-16H,11-14H2,1-3H3,(H,27,30)/t16-/m1/s1. The second kappa shape index (κ2) is 12.6. The Bertz CT molecular complexity index is 908. The number of rotatable bonds is 10. The van der Waals surface area contributed by atoms with Crippen LogP contribution in [0.5, 0.6) is 0 Å². The molecule has 2 aromatic rings. The van der Waals surface area contributed by atoms with E-state index in [1.165, 1.54) is 11.8 Å². The molecule has 0 aromatic heterocycles. The minimum Gasteiger partial charge on any atom is -0.354 e. The lowest BCUT2D eigenvalue weighted by Crippen LogP contribution is -2.48. The monoisotopic (exact) mass is 500 g/mol. The van der Waals surface area contributed by atoms with E-state index in [4.69, 9.17) is 34.8 Å². The number of hydrogen-bond acceptors (Lipinski definition) is 3. The molecule has 2 aromatic carbocycles. The summed E-state index contributed by atoms with van der Waals surface area (Å²) < 4.78 is 0. The highest BCUT2D eigenvalue weighted by atomic mass is 35.5. The molecule has 0 fully saturated rings. The number of nitrogens with zero attached hydrogens (tertiary/aromatic N) is 1. The van der Waals surface area contributed by atoms with Gasteiger partial charge >= 0.3 is 0 Å². The van der Waals surface area contributed by atoms with Crippen LogP contribution in [-0.4, -0.2) is 35.1 Å². The first kappa shape index (κ1) is 25.9. The lowest BCUT2D eigenvalue weighted by molar-refractivity contribution is -0.138. The van der Waals surface area contributed by atoms with E-state index in [1.54, 1.807) is 36.1 Å². The Labute approximate surface area is 203 Å². The molecule has 0 bridgehead atoms. The van der Waals surface area contributed by atoms with Gasteiger partial charge in [-0.05, 0) is 48.2 Å². The zero-order valence-corrected chi connectivity index (χ0v) is 20.9. The van der Waals surface area contributed by atoms with E-state index in [1.807, 2.05) is 32.0 Å². The number of nitrogens with one attached hydrogen (secondary N) is 1. The first-order valence-corrected chi connectivity index (χ1v) is 12.3. The summed E-state index contributed by atoms with van der Waals surface area (Å²) in [6.07, 6.45) is 0. The third-order valence-electron chi connectivity index (χ3n) is 4.59. The van der Waals surface area contributed by atoms with Gasteiger partial charge in [0, 0.05) is 33.9 Å². The molecule has 1 atom stereocenters. The molecule has 0 aliphatic rings. The molecule has 1 N–H and O–H groups in total. The van der Waals surface area contributed by atoms with Crippen LogP contribution in [0.25, 0.3) is 0 Å². The average Bonchev–Trinajstić information content (AvgIpc) is 2.71. The molecule has 0 saturated carbocycles. The summed E-state index contributed by atoms with van der Waals surface area (Å²) in [5, 5.41) is 4.65. The van der Waals surface area contributed by atoms with Crippen molar-refractivity contribution in [2.24, 2.45) is 5.92 Å². The molecule has 0 aliphatic heterocycles. The first-order valence-electron chi connectivity index (χ1n) is 10.0. The van der Waals surface area contributed by atoms with E-state index in [2.05, 4.69) is 5.32 Å². The Morgan fingerprint density at radius 3 is 2.39 bits per heavy atom. The van der Waals surface area contributed by atoms with Crippen molar-refractivity contribution >= 4 is 58.4 Å². The summed E-state index contributed by atoms with van der Waals surface area (Å²) in [7, 11) is 0. The van der Waals surface area contributed by atoms with Crippen LogP contribution in [-0.2, 0) is 21.9 Å². The molecular formula is C23H27Cl3N2O2S. The average molecular weight is 502 g/mol.